The van der Waals surface area contributed by atoms with E-state index in [1.807, 2.05) is 44.4 Å². The molecule has 2 amide bonds. The van der Waals surface area contributed by atoms with Crippen LogP contribution >= 0.6 is 11.3 Å². The molecule has 1 aromatic carbocycles. The Labute approximate surface area is 116 Å². The van der Waals surface area contributed by atoms with Gasteiger partial charge in [-0.3, -0.25) is 0 Å². The average molecular weight is 275 g/mol. The molecular weight excluding hydrogens is 258 g/mol. The Morgan fingerprint density at radius 1 is 1.32 bits per heavy atom. The maximum Gasteiger partial charge on any atom is 0.319 e. The summed E-state index contributed by atoms with van der Waals surface area (Å²) in [5.41, 5.74) is 4.07. The van der Waals surface area contributed by atoms with E-state index in [9.17, 15) is 4.79 Å². The molecule has 2 N–H and O–H groups in total. The summed E-state index contributed by atoms with van der Waals surface area (Å²) in [6.07, 6.45) is 0. The number of carbonyl (C=O) groups excluding carboxylic acids is 1. The standard InChI is InChI=1S/C14H17N3OS/c1-9-5-4-6-12(11(9)3)17-14(18)15-7-13-16-10(2)8-19-13/h4-6,8H,7H2,1-3H3,(H2,15,17,18). The summed E-state index contributed by atoms with van der Waals surface area (Å²) in [6.45, 7) is 6.41. The van der Waals surface area contributed by atoms with Crippen molar-refractivity contribution in [2.45, 2.75) is 27.3 Å². The lowest BCUT2D eigenvalue weighted by molar-refractivity contribution is 0.251. The Kier molecular flexibility index (Phi) is 4.16. The molecule has 1 heterocycles. The van der Waals surface area contributed by atoms with E-state index in [0.717, 1.165) is 27.5 Å². The lowest BCUT2D eigenvalue weighted by atomic mass is 10.1. The molecule has 100 valence electrons. The minimum Gasteiger partial charge on any atom is -0.331 e. The van der Waals surface area contributed by atoms with Crippen molar-refractivity contribution in [2.24, 2.45) is 0 Å². The first-order chi connectivity index (χ1) is 9.06. The van der Waals surface area contributed by atoms with Crippen LogP contribution in [0.25, 0.3) is 0 Å². The predicted octanol–water partition coefficient (Wildman–Crippen LogP) is 3.39. The molecule has 0 aliphatic heterocycles. The van der Waals surface area contributed by atoms with Gasteiger partial charge in [-0.1, -0.05) is 12.1 Å². The predicted molar refractivity (Wildman–Crippen MR) is 78.6 cm³/mol. The van der Waals surface area contributed by atoms with Crippen LogP contribution in [0.3, 0.4) is 0 Å². The maximum absolute atomic E-state index is 11.8. The highest BCUT2D eigenvalue weighted by Crippen LogP contribution is 2.17. The first kappa shape index (κ1) is 13.5. The molecule has 4 nitrogen and oxygen atoms in total. The van der Waals surface area contributed by atoms with E-state index in [4.69, 9.17) is 0 Å². The fraction of sp³-hybridized carbons (Fsp3) is 0.286. The minimum atomic E-state index is -0.207. The first-order valence-corrected chi connectivity index (χ1v) is 6.96. The summed E-state index contributed by atoms with van der Waals surface area (Å²) in [5.74, 6) is 0. The number of anilines is 1. The zero-order chi connectivity index (χ0) is 13.8. The topological polar surface area (TPSA) is 54.0 Å². The molecule has 0 aliphatic rings. The summed E-state index contributed by atoms with van der Waals surface area (Å²) in [4.78, 5) is 16.1. The van der Waals surface area contributed by atoms with Crippen LogP contribution in [0.2, 0.25) is 0 Å². The molecular formula is C14H17N3OS. The number of thiazole rings is 1. The second kappa shape index (κ2) is 5.84. The van der Waals surface area contributed by atoms with Gasteiger partial charge in [0.2, 0.25) is 0 Å². The number of rotatable bonds is 3. The third-order valence-corrected chi connectivity index (χ3v) is 3.89. The second-order valence-electron chi connectivity index (χ2n) is 4.44. The molecule has 0 aliphatic carbocycles. The Morgan fingerprint density at radius 2 is 2.11 bits per heavy atom. The molecule has 0 radical (unpaired) electrons. The van der Waals surface area contributed by atoms with Crippen molar-refractivity contribution in [3.05, 3.63) is 45.4 Å². The summed E-state index contributed by atoms with van der Waals surface area (Å²) in [5, 5.41) is 8.54. The quantitative estimate of drug-likeness (QED) is 0.902. The second-order valence-corrected chi connectivity index (χ2v) is 5.38. The van der Waals surface area contributed by atoms with Gasteiger partial charge in [0.25, 0.3) is 0 Å². The molecule has 2 aromatic rings. The molecule has 0 saturated carbocycles. The van der Waals surface area contributed by atoms with Gasteiger partial charge in [0, 0.05) is 16.8 Å². The van der Waals surface area contributed by atoms with Gasteiger partial charge >= 0.3 is 6.03 Å². The number of benzene rings is 1. The van der Waals surface area contributed by atoms with E-state index in [-0.39, 0.29) is 6.03 Å². The molecule has 2 rings (SSSR count). The molecule has 1 aromatic heterocycles. The molecule has 5 heteroatoms. The number of carbonyl (C=O) groups is 1. The van der Waals surface area contributed by atoms with Crippen LogP contribution in [0.1, 0.15) is 21.8 Å². The zero-order valence-electron chi connectivity index (χ0n) is 11.3. The molecule has 0 saturated heterocycles. The van der Waals surface area contributed by atoms with E-state index in [2.05, 4.69) is 15.6 Å². The summed E-state index contributed by atoms with van der Waals surface area (Å²) in [7, 11) is 0. The van der Waals surface area contributed by atoms with Crippen LogP contribution in [0.15, 0.2) is 23.6 Å². The number of hydrogen-bond donors (Lipinski definition) is 2. The van der Waals surface area contributed by atoms with Crippen LogP contribution in [0.4, 0.5) is 10.5 Å². The van der Waals surface area contributed by atoms with Gasteiger partial charge in [-0.25, -0.2) is 9.78 Å². The van der Waals surface area contributed by atoms with Gasteiger partial charge in [-0.15, -0.1) is 11.3 Å². The third-order valence-electron chi connectivity index (χ3n) is 2.92. The largest absolute Gasteiger partial charge is 0.331 e. The number of amides is 2. The van der Waals surface area contributed by atoms with E-state index in [0.29, 0.717) is 6.54 Å². The van der Waals surface area contributed by atoms with Crippen molar-refractivity contribution in [1.29, 1.82) is 0 Å². The van der Waals surface area contributed by atoms with Gasteiger partial charge in [0.15, 0.2) is 0 Å². The fourth-order valence-corrected chi connectivity index (χ4v) is 2.40. The summed E-state index contributed by atoms with van der Waals surface area (Å²) >= 11 is 1.55. The van der Waals surface area contributed by atoms with Gasteiger partial charge in [-0.2, -0.15) is 0 Å². The van der Waals surface area contributed by atoms with Gasteiger partial charge in [0.1, 0.15) is 5.01 Å². The summed E-state index contributed by atoms with van der Waals surface area (Å²) < 4.78 is 0. The average Bonchev–Trinajstić information content (AvgIpc) is 2.78. The van der Waals surface area contributed by atoms with Crippen molar-refractivity contribution in [3.63, 3.8) is 0 Å². The molecule has 19 heavy (non-hydrogen) atoms. The normalized spacial score (nSPS) is 10.3. The maximum atomic E-state index is 11.8. The Bertz CT molecular complexity index is 592. The number of aromatic nitrogens is 1. The van der Waals surface area contributed by atoms with Crippen LogP contribution < -0.4 is 10.6 Å². The monoisotopic (exact) mass is 275 g/mol. The Hall–Kier alpha value is -1.88. The van der Waals surface area contributed by atoms with Gasteiger partial charge in [-0.05, 0) is 38.0 Å². The molecule has 0 spiro atoms. The van der Waals surface area contributed by atoms with E-state index >= 15 is 0 Å². The van der Waals surface area contributed by atoms with Crippen LogP contribution in [-0.2, 0) is 6.54 Å². The third kappa shape index (κ3) is 3.54. The van der Waals surface area contributed by atoms with Crippen molar-refractivity contribution in [3.8, 4) is 0 Å². The van der Waals surface area contributed by atoms with E-state index < -0.39 is 0 Å². The number of hydrogen-bond acceptors (Lipinski definition) is 3. The van der Waals surface area contributed by atoms with E-state index in [1.54, 1.807) is 11.3 Å². The van der Waals surface area contributed by atoms with Crippen molar-refractivity contribution < 1.29 is 4.79 Å². The zero-order valence-corrected chi connectivity index (χ0v) is 12.1. The highest BCUT2D eigenvalue weighted by atomic mass is 32.1. The minimum absolute atomic E-state index is 0.207. The Balaban J connectivity index is 1.92. The summed E-state index contributed by atoms with van der Waals surface area (Å²) in [6, 6.07) is 5.65. The van der Waals surface area contributed by atoms with Crippen molar-refractivity contribution in [1.82, 2.24) is 10.3 Å². The number of urea groups is 1. The number of nitrogens with one attached hydrogen (secondary N) is 2. The highest BCUT2D eigenvalue weighted by Gasteiger charge is 2.06. The van der Waals surface area contributed by atoms with Crippen LogP contribution in [0, 0.1) is 20.8 Å². The molecule has 0 fully saturated rings. The molecule has 0 unspecified atom stereocenters. The van der Waals surface area contributed by atoms with Crippen LogP contribution in [0.5, 0.6) is 0 Å². The van der Waals surface area contributed by atoms with Crippen molar-refractivity contribution >= 4 is 23.1 Å². The number of nitrogens with zero attached hydrogens (tertiary/aromatic N) is 1. The fourth-order valence-electron chi connectivity index (χ4n) is 1.69. The van der Waals surface area contributed by atoms with Gasteiger partial charge < -0.3 is 10.6 Å². The SMILES string of the molecule is Cc1csc(CNC(=O)Nc2cccc(C)c2C)n1. The van der Waals surface area contributed by atoms with Crippen LogP contribution in [-0.4, -0.2) is 11.0 Å². The Morgan fingerprint density at radius 3 is 2.79 bits per heavy atom. The lowest BCUT2D eigenvalue weighted by Crippen LogP contribution is -2.28. The number of aryl methyl sites for hydroxylation is 2. The lowest BCUT2D eigenvalue weighted by Gasteiger charge is -2.10. The van der Waals surface area contributed by atoms with E-state index in [1.165, 1.54) is 0 Å². The molecule has 0 bridgehead atoms. The first-order valence-electron chi connectivity index (χ1n) is 6.08. The van der Waals surface area contributed by atoms with Crippen molar-refractivity contribution in [2.75, 3.05) is 5.32 Å². The highest BCUT2D eigenvalue weighted by molar-refractivity contribution is 7.09. The molecule has 0 atom stereocenters. The van der Waals surface area contributed by atoms with Gasteiger partial charge in [0.05, 0.1) is 6.54 Å². The smallest absolute Gasteiger partial charge is 0.319 e.